The first kappa shape index (κ1) is 12.6. The van der Waals surface area contributed by atoms with Gasteiger partial charge < -0.3 is 9.64 Å². The van der Waals surface area contributed by atoms with E-state index in [2.05, 4.69) is 4.74 Å². The Kier molecular flexibility index (Phi) is 3.50. The molecule has 0 aromatic rings. The molecule has 3 nitrogen and oxygen atoms in total. The van der Waals surface area contributed by atoms with Gasteiger partial charge in [-0.25, -0.2) is 0 Å². The van der Waals surface area contributed by atoms with Gasteiger partial charge in [0, 0.05) is 33.0 Å². The lowest BCUT2D eigenvalue weighted by molar-refractivity contribution is -0.280. The first-order chi connectivity index (χ1) is 6.82. The van der Waals surface area contributed by atoms with Gasteiger partial charge in [0.1, 0.15) is 0 Å². The van der Waals surface area contributed by atoms with Crippen LogP contribution in [-0.2, 0) is 4.74 Å². The van der Waals surface area contributed by atoms with E-state index >= 15 is 0 Å². The van der Waals surface area contributed by atoms with Crippen LogP contribution < -0.4 is 0 Å². The zero-order chi connectivity index (χ0) is 11.7. The van der Waals surface area contributed by atoms with Gasteiger partial charge in [-0.1, -0.05) is 0 Å². The fourth-order valence-corrected chi connectivity index (χ4v) is 1.82. The molecule has 0 radical (unpaired) electrons. The summed E-state index contributed by atoms with van der Waals surface area (Å²) >= 11 is 5.17. The number of hydrogen-bond donors (Lipinski definition) is 0. The Morgan fingerprint density at radius 1 is 1.40 bits per heavy atom. The Bertz CT molecular complexity index is 249. The minimum atomic E-state index is -4.41. The van der Waals surface area contributed by atoms with Crippen molar-refractivity contribution in [1.29, 1.82) is 0 Å². The van der Waals surface area contributed by atoms with Crippen molar-refractivity contribution in [2.75, 3.05) is 20.2 Å². The number of ether oxygens (including phenoxy) is 1. The second kappa shape index (κ2) is 4.17. The average Bonchev–Trinajstić information content (AvgIpc) is 2.16. The number of hydrogen-bond acceptors (Lipinski definition) is 2. The van der Waals surface area contributed by atoms with E-state index in [9.17, 15) is 18.0 Å². The number of halogens is 4. The summed E-state index contributed by atoms with van der Waals surface area (Å²) in [7, 11) is 1.03. The van der Waals surface area contributed by atoms with Gasteiger partial charge in [-0.05, 0) is 11.6 Å². The highest BCUT2D eigenvalue weighted by atomic mass is 35.5. The summed E-state index contributed by atoms with van der Waals surface area (Å²) in [5, 5.41) is -0.720. The summed E-state index contributed by atoms with van der Waals surface area (Å²) in [6, 6.07) is 0. The van der Waals surface area contributed by atoms with E-state index in [4.69, 9.17) is 11.6 Å². The Balaban J connectivity index is 2.71. The highest BCUT2D eigenvalue weighted by Gasteiger charge is 2.56. The fourth-order valence-electron chi connectivity index (χ4n) is 1.65. The van der Waals surface area contributed by atoms with E-state index in [1.165, 1.54) is 4.90 Å². The molecular weight excluding hydrogens is 235 g/mol. The SMILES string of the molecule is COC1(C(F)(F)F)CCN(C(=O)Cl)CC1. The Hall–Kier alpha value is -0.490. The Morgan fingerprint density at radius 3 is 2.13 bits per heavy atom. The average molecular weight is 246 g/mol. The van der Waals surface area contributed by atoms with Crippen LogP contribution in [0.25, 0.3) is 0 Å². The number of nitrogens with zero attached hydrogens (tertiary/aromatic N) is 1. The topological polar surface area (TPSA) is 29.5 Å². The van der Waals surface area contributed by atoms with Gasteiger partial charge in [0.15, 0.2) is 5.60 Å². The minimum Gasteiger partial charge on any atom is -0.369 e. The third-order valence-electron chi connectivity index (χ3n) is 2.73. The Labute approximate surface area is 90.1 Å². The van der Waals surface area contributed by atoms with Crippen molar-refractivity contribution >= 4 is 17.0 Å². The zero-order valence-corrected chi connectivity index (χ0v) is 8.86. The molecule has 1 amide bonds. The second-order valence-electron chi connectivity index (χ2n) is 3.44. The van der Waals surface area contributed by atoms with E-state index in [0.717, 1.165) is 7.11 Å². The predicted octanol–water partition coefficient (Wildman–Crippen LogP) is 2.39. The molecule has 0 aromatic carbocycles. The van der Waals surface area contributed by atoms with Crippen LogP contribution in [0.1, 0.15) is 12.8 Å². The third-order valence-corrected chi connectivity index (χ3v) is 2.97. The highest BCUT2D eigenvalue weighted by Crippen LogP contribution is 2.41. The van der Waals surface area contributed by atoms with Crippen LogP contribution >= 0.6 is 11.6 Å². The van der Waals surface area contributed by atoms with Gasteiger partial charge in [0.2, 0.25) is 0 Å². The number of carbonyl (C=O) groups is 1. The molecule has 0 aliphatic carbocycles. The molecule has 0 bridgehead atoms. The standard InChI is InChI=1S/C8H11ClF3NO2/c1-15-7(8(10,11)12)2-4-13(5-3-7)6(9)14/h2-5H2,1H3. The highest BCUT2D eigenvalue weighted by molar-refractivity contribution is 6.62. The van der Waals surface area contributed by atoms with Crippen molar-refractivity contribution in [2.24, 2.45) is 0 Å². The molecule has 1 rings (SSSR count). The predicted molar refractivity (Wildman–Crippen MR) is 47.9 cm³/mol. The van der Waals surface area contributed by atoms with Gasteiger partial charge in [0.05, 0.1) is 0 Å². The molecule has 0 unspecified atom stereocenters. The van der Waals surface area contributed by atoms with Crippen LogP contribution in [0.4, 0.5) is 18.0 Å². The largest absolute Gasteiger partial charge is 0.417 e. The van der Waals surface area contributed by atoms with Gasteiger partial charge >= 0.3 is 11.5 Å². The maximum absolute atomic E-state index is 12.7. The normalized spacial score (nSPS) is 21.5. The molecule has 88 valence electrons. The van der Waals surface area contributed by atoms with E-state index < -0.39 is 17.1 Å². The number of piperidine rings is 1. The first-order valence-corrected chi connectivity index (χ1v) is 4.76. The minimum absolute atomic E-state index is 0.0321. The van der Waals surface area contributed by atoms with Crippen molar-refractivity contribution in [3.05, 3.63) is 0 Å². The summed E-state index contributed by atoms with van der Waals surface area (Å²) in [6.45, 7) is -0.0641. The molecule has 1 heterocycles. The lowest BCUT2D eigenvalue weighted by atomic mass is 9.90. The molecule has 0 aromatic heterocycles. The summed E-state index contributed by atoms with van der Waals surface area (Å²) < 4.78 is 42.6. The van der Waals surface area contributed by atoms with Gasteiger partial charge in [-0.3, -0.25) is 4.79 Å². The van der Waals surface area contributed by atoms with Crippen LogP contribution in [-0.4, -0.2) is 42.2 Å². The number of rotatable bonds is 1. The van der Waals surface area contributed by atoms with Crippen molar-refractivity contribution < 1.29 is 22.7 Å². The number of carbonyl (C=O) groups excluding carboxylic acids is 1. The van der Waals surface area contributed by atoms with Crippen LogP contribution in [0.2, 0.25) is 0 Å². The van der Waals surface area contributed by atoms with Gasteiger partial charge in [0.25, 0.3) is 0 Å². The zero-order valence-electron chi connectivity index (χ0n) is 8.10. The number of alkyl halides is 3. The van der Waals surface area contributed by atoms with E-state index in [1.807, 2.05) is 0 Å². The summed E-state index contributed by atoms with van der Waals surface area (Å²) in [4.78, 5) is 11.9. The van der Waals surface area contributed by atoms with Gasteiger partial charge in [-0.15, -0.1) is 0 Å². The molecule has 1 saturated heterocycles. The number of likely N-dealkylation sites (tertiary alicyclic amines) is 1. The van der Waals surface area contributed by atoms with Gasteiger partial charge in [-0.2, -0.15) is 13.2 Å². The number of amides is 1. The Morgan fingerprint density at radius 2 is 1.87 bits per heavy atom. The van der Waals surface area contributed by atoms with Crippen molar-refractivity contribution in [3.63, 3.8) is 0 Å². The molecule has 15 heavy (non-hydrogen) atoms. The molecule has 0 atom stereocenters. The van der Waals surface area contributed by atoms with E-state index in [0.29, 0.717) is 0 Å². The summed E-state index contributed by atoms with van der Waals surface area (Å²) in [5.41, 5.74) is -2.13. The van der Waals surface area contributed by atoms with Crippen LogP contribution in [0.15, 0.2) is 0 Å². The maximum Gasteiger partial charge on any atom is 0.417 e. The first-order valence-electron chi connectivity index (χ1n) is 4.39. The monoisotopic (exact) mass is 245 g/mol. The lowest BCUT2D eigenvalue weighted by Gasteiger charge is -2.40. The third kappa shape index (κ3) is 2.36. The number of methoxy groups -OCH3 is 1. The maximum atomic E-state index is 12.7. The van der Waals surface area contributed by atoms with Crippen LogP contribution in [0, 0.1) is 0 Å². The molecule has 1 fully saturated rings. The van der Waals surface area contributed by atoms with E-state index in [-0.39, 0.29) is 25.9 Å². The van der Waals surface area contributed by atoms with Crippen LogP contribution in [0.3, 0.4) is 0 Å². The molecule has 1 aliphatic heterocycles. The lowest BCUT2D eigenvalue weighted by Crippen LogP contribution is -2.54. The van der Waals surface area contributed by atoms with Crippen molar-refractivity contribution in [3.8, 4) is 0 Å². The summed E-state index contributed by atoms with van der Waals surface area (Å²) in [6.07, 6.45) is -4.96. The van der Waals surface area contributed by atoms with E-state index in [1.54, 1.807) is 0 Å². The quantitative estimate of drug-likeness (QED) is 0.524. The van der Waals surface area contributed by atoms with Crippen molar-refractivity contribution in [1.82, 2.24) is 4.90 Å². The second-order valence-corrected chi connectivity index (χ2v) is 3.76. The molecular formula is C8H11ClF3NO2. The van der Waals surface area contributed by atoms with Crippen LogP contribution in [0.5, 0.6) is 0 Å². The molecule has 0 spiro atoms. The smallest absolute Gasteiger partial charge is 0.369 e. The summed E-state index contributed by atoms with van der Waals surface area (Å²) in [5.74, 6) is 0. The fraction of sp³-hybridized carbons (Fsp3) is 0.875. The molecule has 0 N–H and O–H groups in total. The molecule has 1 aliphatic rings. The van der Waals surface area contributed by atoms with Crippen molar-refractivity contribution in [2.45, 2.75) is 24.6 Å². The molecule has 7 heteroatoms. The molecule has 0 saturated carbocycles.